The fraction of sp³-hybridized carbons (Fsp3) is 0.440. The molecule has 0 aliphatic carbocycles. The number of hydrogen-bond acceptors (Lipinski definition) is 9. The fourth-order valence-electron chi connectivity index (χ4n) is 3.41. The van der Waals surface area contributed by atoms with Crippen molar-refractivity contribution >= 4 is 35.0 Å². The lowest BCUT2D eigenvalue weighted by Crippen LogP contribution is -2.43. The Hall–Kier alpha value is -4.14. The predicted molar refractivity (Wildman–Crippen MR) is 140 cm³/mol. The number of piperazine rings is 1. The van der Waals surface area contributed by atoms with Gasteiger partial charge < -0.3 is 39.9 Å². The number of aromatic nitrogens is 3. The second kappa shape index (κ2) is 19.0. The molecule has 0 spiro atoms. The van der Waals surface area contributed by atoms with Crippen molar-refractivity contribution in [2.75, 3.05) is 45.9 Å². The molecule has 1 aliphatic rings. The van der Waals surface area contributed by atoms with Crippen LogP contribution in [0.2, 0.25) is 0 Å². The zero-order chi connectivity index (χ0) is 29.0. The molecule has 0 saturated carbocycles. The van der Waals surface area contributed by atoms with Crippen LogP contribution in [0.25, 0.3) is 11.2 Å². The normalized spacial score (nSPS) is 13.5. The Labute approximate surface area is 225 Å². The third kappa shape index (κ3) is 15.0. The van der Waals surface area contributed by atoms with Crippen molar-refractivity contribution < 1.29 is 44.3 Å². The van der Waals surface area contributed by atoms with Crippen LogP contribution in [0.15, 0.2) is 42.6 Å². The van der Waals surface area contributed by atoms with Crippen molar-refractivity contribution in [3.8, 4) is 0 Å². The summed E-state index contributed by atoms with van der Waals surface area (Å²) >= 11 is 0. The number of fused-ring (bicyclic) bond motifs is 1. The number of carbonyl (C=O) groups is 4. The molecule has 0 unspecified atom stereocenters. The zero-order valence-electron chi connectivity index (χ0n) is 21.7. The van der Waals surface area contributed by atoms with Gasteiger partial charge in [-0.2, -0.15) is 0 Å². The third-order valence-corrected chi connectivity index (χ3v) is 5.07. The van der Waals surface area contributed by atoms with Crippen LogP contribution in [-0.4, -0.2) is 110 Å². The molecule has 214 valence electrons. The van der Waals surface area contributed by atoms with Gasteiger partial charge >= 0.3 is 23.9 Å². The number of imidazole rings is 1. The highest BCUT2D eigenvalue weighted by atomic mass is 16.5. The van der Waals surface area contributed by atoms with Crippen LogP contribution in [0, 0.1) is 0 Å². The monoisotopic (exact) mass is 549 g/mol. The highest BCUT2D eigenvalue weighted by molar-refractivity contribution is 5.90. The van der Waals surface area contributed by atoms with Gasteiger partial charge in [-0.1, -0.05) is 0 Å². The molecule has 3 rings (SSSR count). The summed E-state index contributed by atoms with van der Waals surface area (Å²) in [4.78, 5) is 50.0. The van der Waals surface area contributed by atoms with Crippen LogP contribution in [0.3, 0.4) is 0 Å². The Bertz CT molecular complexity index is 1060. The Morgan fingerprint density at radius 1 is 0.949 bits per heavy atom. The van der Waals surface area contributed by atoms with Gasteiger partial charge in [-0.05, 0) is 32.0 Å². The maximum atomic E-state index is 9.55. The van der Waals surface area contributed by atoms with Gasteiger partial charge in [0.15, 0.2) is 5.65 Å². The molecule has 39 heavy (non-hydrogen) atoms. The molecule has 1 aliphatic heterocycles. The van der Waals surface area contributed by atoms with E-state index in [4.69, 9.17) is 30.1 Å². The molecule has 1 fully saturated rings. The molecule has 0 bridgehead atoms. The molecule has 3 heterocycles. The first-order valence-electron chi connectivity index (χ1n) is 12.2. The molecular formula is C25H35N5O9. The lowest BCUT2D eigenvalue weighted by molar-refractivity contribution is -0.134. The molecule has 2 aromatic rings. The van der Waals surface area contributed by atoms with E-state index < -0.39 is 23.9 Å². The van der Waals surface area contributed by atoms with E-state index in [1.807, 2.05) is 25.3 Å². The molecule has 0 atom stereocenters. The van der Waals surface area contributed by atoms with Crippen molar-refractivity contribution in [1.82, 2.24) is 24.8 Å². The van der Waals surface area contributed by atoms with Gasteiger partial charge in [0.1, 0.15) is 11.3 Å². The Kier molecular flexibility index (Phi) is 16.0. The summed E-state index contributed by atoms with van der Waals surface area (Å²) < 4.78 is 7.74. The first-order valence-corrected chi connectivity index (χ1v) is 12.2. The number of carboxylic acid groups (broad SMARTS) is 4. The molecule has 14 nitrogen and oxygen atoms in total. The number of carboxylic acids is 4. The van der Waals surface area contributed by atoms with Gasteiger partial charge in [0.2, 0.25) is 0 Å². The third-order valence-electron chi connectivity index (χ3n) is 5.07. The molecule has 0 amide bonds. The number of ether oxygens (including phenoxy) is 1. The lowest BCUT2D eigenvalue weighted by atomic mass is 10.2. The Morgan fingerprint density at radius 2 is 1.51 bits per heavy atom. The van der Waals surface area contributed by atoms with Crippen molar-refractivity contribution in [2.45, 2.75) is 26.3 Å². The van der Waals surface area contributed by atoms with Crippen LogP contribution in [0.4, 0.5) is 0 Å². The number of hydrogen-bond donors (Lipinski definition) is 5. The zero-order valence-corrected chi connectivity index (χ0v) is 21.7. The number of nitrogens with zero attached hydrogens (tertiary/aromatic N) is 4. The van der Waals surface area contributed by atoms with Gasteiger partial charge in [0.25, 0.3) is 0 Å². The van der Waals surface area contributed by atoms with Crippen LogP contribution in [0.5, 0.6) is 0 Å². The smallest absolute Gasteiger partial charge is 0.328 e. The number of rotatable bonds is 12. The largest absolute Gasteiger partial charge is 0.478 e. The van der Waals surface area contributed by atoms with Crippen molar-refractivity contribution in [2.24, 2.45) is 0 Å². The molecule has 5 N–H and O–H groups in total. The van der Waals surface area contributed by atoms with E-state index in [0.717, 1.165) is 75.7 Å². The van der Waals surface area contributed by atoms with Crippen molar-refractivity contribution in [3.63, 3.8) is 0 Å². The summed E-state index contributed by atoms with van der Waals surface area (Å²) in [5.74, 6) is -3.90. The summed E-state index contributed by atoms with van der Waals surface area (Å²) in [5, 5.41) is 34.6. The minimum atomic E-state index is -1.26. The van der Waals surface area contributed by atoms with E-state index in [9.17, 15) is 19.2 Å². The number of pyridine rings is 1. The fourth-order valence-corrected chi connectivity index (χ4v) is 3.41. The van der Waals surface area contributed by atoms with Crippen LogP contribution in [0.1, 0.15) is 19.2 Å². The molecule has 2 aromatic heterocycles. The second-order valence-electron chi connectivity index (χ2n) is 7.94. The predicted octanol–water partition coefficient (Wildman–Crippen LogP) is 0.729. The minimum Gasteiger partial charge on any atom is -0.478 e. The van der Waals surface area contributed by atoms with Gasteiger partial charge in [-0.3, -0.25) is 0 Å². The standard InChI is InChI=1S/C17H27N5O.2C4H4O4/c1-2-23-14-13-22-16(20-15-5-3-7-19-17(15)22)6-4-10-21-11-8-18-9-12-21;2*5-3(6)1-2-4(7)8/h3,5,7,18H,2,4,6,8-14H2,1H3;2*1-2H,(H,5,6)(H,7,8). The summed E-state index contributed by atoms with van der Waals surface area (Å²) in [6, 6.07) is 3.99. The summed E-state index contributed by atoms with van der Waals surface area (Å²) in [7, 11) is 0. The Balaban J connectivity index is 0.000000393. The maximum absolute atomic E-state index is 9.55. The van der Waals surface area contributed by atoms with Gasteiger partial charge in [-0.25, -0.2) is 29.1 Å². The van der Waals surface area contributed by atoms with E-state index in [1.165, 1.54) is 0 Å². The summed E-state index contributed by atoms with van der Waals surface area (Å²) in [6.07, 6.45) is 6.20. The van der Waals surface area contributed by atoms with E-state index in [2.05, 4.69) is 19.8 Å². The minimum absolute atomic E-state index is 0.558. The topological polar surface area (TPSA) is 204 Å². The van der Waals surface area contributed by atoms with Gasteiger partial charge in [0, 0.05) is 76.3 Å². The summed E-state index contributed by atoms with van der Waals surface area (Å²) in [5.41, 5.74) is 1.96. The van der Waals surface area contributed by atoms with Crippen LogP contribution >= 0.6 is 0 Å². The summed E-state index contributed by atoms with van der Waals surface area (Å²) in [6.45, 7) is 9.98. The van der Waals surface area contributed by atoms with E-state index >= 15 is 0 Å². The van der Waals surface area contributed by atoms with Crippen LogP contribution in [-0.2, 0) is 36.9 Å². The van der Waals surface area contributed by atoms with Crippen LogP contribution < -0.4 is 5.32 Å². The highest BCUT2D eigenvalue weighted by Gasteiger charge is 2.13. The molecule has 0 radical (unpaired) electrons. The second-order valence-corrected chi connectivity index (χ2v) is 7.94. The SMILES string of the molecule is CCOCCn1c(CCCN2CCNCC2)nc2cccnc21.O=C(O)C=CC(=O)O.O=C(O)C=CC(=O)O. The van der Waals surface area contributed by atoms with Crippen molar-refractivity contribution in [3.05, 3.63) is 48.5 Å². The number of nitrogens with one attached hydrogen (secondary N) is 1. The van der Waals surface area contributed by atoms with E-state index in [-0.39, 0.29) is 0 Å². The highest BCUT2D eigenvalue weighted by Crippen LogP contribution is 2.15. The van der Waals surface area contributed by atoms with E-state index in [1.54, 1.807) is 0 Å². The average molecular weight is 550 g/mol. The average Bonchev–Trinajstić information content (AvgIpc) is 3.25. The molecule has 1 saturated heterocycles. The Morgan fingerprint density at radius 3 is 2.03 bits per heavy atom. The molecule has 0 aromatic carbocycles. The maximum Gasteiger partial charge on any atom is 0.328 e. The first kappa shape index (κ1) is 32.9. The number of aryl methyl sites for hydroxylation is 1. The van der Waals surface area contributed by atoms with E-state index in [0.29, 0.717) is 30.9 Å². The quantitative estimate of drug-likeness (QED) is 0.183. The molecular weight excluding hydrogens is 514 g/mol. The van der Waals surface area contributed by atoms with Crippen molar-refractivity contribution in [1.29, 1.82) is 0 Å². The van der Waals surface area contributed by atoms with Gasteiger partial charge in [0.05, 0.1) is 6.61 Å². The van der Waals surface area contributed by atoms with Gasteiger partial charge in [-0.15, -0.1) is 0 Å². The lowest BCUT2D eigenvalue weighted by Gasteiger charge is -2.27. The molecule has 14 heteroatoms. The number of aliphatic carboxylic acids is 4. The first-order chi connectivity index (χ1) is 18.6.